The van der Waals surface area contributed by atoms with Crippen molar-refractivity contribution in [2.75, 3.05) is 63.0 Å². The van der Waals surface area contributed by atoms with Crippen LogP contribution in [0.3, 0.4) is 0 Å². The second-order valence-corrected chi connectivity index (χ2v) is 18.9. The maximum atomic E-state index is 12.3. The lowest BCUT2D eigenvalue weighted by molar-refractivity contribution is -0.198. The summed E-state index contributed by atoms with van der Waals surface area (Å²) >= 11 is 0. The number of anilines is 1. The number of benzene rings is 2. The molecule has 5 rings (SSSR count). The molecule has 1 aromatic rings. The molecule has 22 heteroatoms. The fourth-order valence-corrected chi connectivity index (χ4v) is 8.70. The molecule has 1 saturated heterocycles. The number of rotatable bonds is 21. The Morgan fingerprint density at radius 2 is 1.61 bits per heavy atom. The van der Waals surface area contributed by atoms with Crippen LogP contribution in [0, 0.1) is 0 Å². The highest BCUT2D eigenvalue weighted by molar-refractivity contribution is 7.86. The number of carbonyl (C=O) groups excluding carboxylic acids is 3. The maximum absolute atomic E-state index is 12.3. The highest BCUT2D eigenvalue weighted by Gasteiger charge is 2.43. The quantitative estimate of drug-likeness (QED) is 0.0636. The minimum absolute atomic E-state index is 0.0107. The molecule has 0 N–H and O–H groups in total. The van der Waals surface area contributed by atoms with Gasteiger partial charge in [-0.25, -0.2) is 34.6 Å². The average molecular weight is 908 g/mol. The average Bonchev–Trinajstić information content (AvgIpc) is 3.61. The molecule has 0 spiro atoms. The van der Waals surface area contributed by atoms with E-state index in [0.29, 0.717) is 57.4 Å². The van der Waals surface area contributed by atoms with Crippen molar-refractivity contribution >= 4 is 59.9 Å². The minimum Gasteiger partial charge on any atom is -0.748 e. The predicted octanol–water partition coefficient (Wildman–Crippen LogP) is 1.66. The SMILES string of the molecule is COCC[N+](CCCS(=O)(=O)[O-])=c1ccc2c(/C=C/C=C3/N(CCOCCC(=O)ON4C(=O)CCC4=O)c4ccc(S(=O)(=O)[O-])cc4C3(C)CCCS(=O)(=O)[O-])ccoc-2c1. The van der Waals surface area contributed by atoms with E-state index in [1.165, 1.54) is 25.5 Å². The minimum atomic E-state index is -4.92. The van der Waals surface area contributed by atoms with Crippen LogP contribution in [0.1, 0.15) is 56.6 Å². The zero-order chi connectivity index (χ0) is 44.6. The molecular weight excluding hydrogens is 863 g/mol. The van der Waals surface area contributed by atoms with Crippen molar-refractivity contribution in [3.05, 3.63) is 83.1 Å². The largest absolute Gasteiger partial charge is 0.748 e. The number of amides is 2. The molecule has 1 aromatic carbocycles. The monoisotopic (exact) mass is 907 g/mol. The molecule has 1 fully saturated rings. The summed E-state index contributed by atoms with van der Waals surface area (Å²) in [6.07, 6.45) is 6.36. The molecule has 1 aliphatic carbocycles. The molecule has 0 saturated carbocycles. The summed E-state index contributed by atoms with van der Waals surface area (Å²) in [5.41, 5.74) is 1.68. The summed E-state index contributed by atoms with van der Waals surface area (Å²) in [4.78, 5) is 42.1. The van der Waals surface area contributed by atoms with E-state index in [0.717, 1.165) is 6.07 Å². The van der Waals surface area contributed by atoms with Crippen molar-refractivity contribution < 1.29 is 72.0 Å². The Kier molecular flexibility index (Phi) is 15.4. The van der Waals surface area contributed by atoms with E-state index >= 15 is 0 Å². The van der Waals surface area contributed by atoms with Crippen LogP contribution in [0.15, 0.2) is 75.9 Å². The van der Waals surface area contributed by atoms with E-state index in [1.54, 1.807) is 42.2 Å². The molecule has 0 radical (unpaired) electrons. The van der Waals surface area contributed by atoms with E-state index in [9.17, 15) is 53.3 Å². The third-order valence-corrected chi connectivity index (χ3v) is 12.6. The van der Waals surface area contributed by atoms with Crippen LogP contribution >= 0.6 is 0 Å². The van der Waals surface area contributed by atoms with E-state index < -0.39 is 70.0 Å². The van der Waals surface area contributed by atoms with Gasteiger partial charge in [0.2, 0.25) is 5.36 Å². The Bertz CT molecular complexity index is 2550. The first-order valence-electron chi connectivity index (χ1n) is 19.1. The van der Waals surface area contributed by atoms with E-state index in [4.69, 9.17) is 18.7 Å². The normalized spacial score (nSPS) is 18.5. The number of hydrogen-bond acceptors (Lipinski definition) is 17. The topological polar surface area (TPSA) is 273 Å². The molecule has 19 nitrogen and oxygen atoms in total. The highest BCUT2D eigenvalue weighted by atomic mass is 32.2. The van der Waals surface area contributed by atoms with Gasteiger partial charge in [-0.1, -0.05) is 12.2 Å². The highest BCUT2D eigenvalue weighted by Crippen LogP contribution is 2.51. The fourth-order valence-electron chi connectivity index (χ4n) is 7.22. The molecule has 2 amide bonds. The first kappa shape index (κ1) is 47.2. The number of allylic oxidation sites excluding steroid dienone is 3. The van der Waals surface area contributed by atoms with Gasteiger partial charge in [-0.2, -0.15) is 0 Å². The predicted molar refractivity (Wildman–Crippen MR) is 214 cm³/mol. The molecule has 1 atom stereocenters. The van der Waals surface area contributed by atoms with Crippen molar-refractivity contribution in [3.8, 4) is 11.3 Å². The lowest BCUT2D eigenvalue weighted by Gasteiger charge is -2.30. The first-order chi connectivity index (χ1) is 28.7. The van der Waals surface area contributed by atoms with Crippen molar-refractivity contribution in [1.82, 2.24) is 9.64 Å². The lowest BCUT2D eigenvalue weighted by Crippen LogP contribution is -2.34. The second kappa shape index (κ2) is 19.9. The van der Waals surface area contributed by atoms with Gasteiger partial charge in [-0.15, -0.1) is 5.06 Å². The maximum Gasteiger partial charge on any atom is 0.335 e. The number of hydroxylamine groups is 2. The number of fused-ring (bicyclic) bond motifs is 2. The van der Waals surface area contributed by atoms with Gasteiger partial charge < -0.3 is 37.3 Å². The van der Waals surface area contributed by atoms with E-state index in [-0.39, 0.29) is 64.8 Å². The Balaban J connectivity index is 1.46. The number of hydrogen-bond donors (Lipinski definition) is 0. The van der Waals surface area contributed by atoms with Crippen LogP contribution in [0.5, 0.6) is 0 Å². The summed E-state index contributed by atoms with van der Waals surface area (Å²) in [5, 5.41) is 1.13. The number of methoxy groups -OCH3 is 1. The van der Waals surface area contributed by atoms with Crippen LogP contribution in [0.25, 0.3) is 17.4 Å². The van der Waals surface area contributed by atoms with Gasteiger partial charge in [0.1, 0.15) is 29.0 Å². The third-order valence-electron chi connectivity index (χ3n) is 10.2. The standard InChI is InChI=1S/C39H47N3O16S3/c1-39(16-4-24-59(46,47)48)32-27-30(61(52,53)54)9-11-33(32)41(19-23-56-20-15-38(45)58-42-36(43)12-13-37(42)44)35(39)7-3-6-28-14-21-57-34-26-29(8-10-31(28)34)40(18-22-55-2)17-5-25-60(49,50)51/h3,6-11,14,21,26-27H,4-5,12-13,15-20,22-25H2,1-2H3,(H2-,46,47,48,49,50,51,52,53,54)/p-2. The molecule has 3 heterocycles. The molecule has 1 unspecified atom stereocenters. The van der Waals surface area contributed by atoms with Gasteiger partial charge in [0, 0.05) is 72.9 Å². The Hall–Kier alpha value is -4.81. The molecule has 3 aliphatic heterocycles. The summed E-state index contributed by atoms with van der Waals surface area (Å²) in [7, 11) is -12.4. The van der Waals surface area contributed by atoms with Crippen LogP contribution in [-0.4, -0.2) is 120 Å². The van der Waals surface area contributed by atoms with Crippen LogP contribution in [0.4, 0.5) is 5.69 Å². The molecule has 0 bridgehead atoms. The summed E-state index contributed by atoms with van der Waals surface area (Å²) in [6.45, 7) is 2.70. The van der Waals surface area contributed by atoms with Gasteiger partial charge in [-0.05, 0) is 67.3 Å². The number of ether oxygens (including phenoxy) is 2. The molecule has 0 aromatic heterocycles. The number of imide groups is 1. The van der Waals surface area contributed by atoms with Crippen molar-refractivity contribution in [2.45, 2.75) is 55.8 Å². The van der Waals surface area contributed by atoms with Gasteiger partial charge >= 0.3 is 5.97 Å². The van der Waals surface area contributed by atoms with Gasteiger partial charge in [0.05, 0.1) is 57.1 Å². The fraction of sp³-hybridized carbons (Fsp3) is 0.436. The zero-order valence-corrected chi connectivity index (χ0v) is 35.8. The molecule has 332 valence electrons. The van der Waals surface area contributed by atoms with E-state index in [2.05, 4.69) is 0 Å². The summed E-state index contributed by atoms with van der Waals surface area (Å²) < 4.78 is 124. The van der Waals surface area contributed by atoms with Crippen molar-refractivity contribution in [2.24, 2.45) is 0 Å². The van der Waals surface area contributed by atoms with Crippen LogP contribution < -0.4 is 14.8 Å². The van der Waals surface area contributed by atoms with Gasteiger partial charge in [-0.3, -0.25) is 9.59 Å². The summed E-state index contributed by atoms with van der Waals surface area (Å²) in [6, 6.07) is 11.0. The first-order valence-corrected chi connectivity index (χ1v) is 23.6. The van der Waals surface area contributed by atoms with E-state index in [1.807, 2.05) is 16.7 Å². The molecular formula is C39H45N3O16S3-2. The lowest BCUT2D eigenvalue weighted by atomic mass is 9.77. The smallest absolute Gasteiger partial charge is 0.335 e. The zero-order valence-electron chi connectivity index (χ0n) is 33.3. The van der Waals surface area contributed by atoms with Crippen molar-refractivity contribution in [3.63, 3.8) is 0 Å². The van der Waals surface area contributed by atoms with Crippen LogP contribution in [-0.2, 0) is 64.5 Å². The van der Waals surface area contributed by atoms with Crippen LogP contribution in [0.2, 0.25) is 0 Å². The van der Waals surface area contributed by atoms with Crippen molar-refractivity contribution in [1.29, 1.82) is 0 Å². The molecule has 4 aliphatic rings. The molecule has 61 heavy (non-hydrogen) atoms. The number of nitrogens with zero attached hydrogens (tertiary/aromatic N) is 3. The van der Waals surface area contributed by atoms with Gasteiger partial charge in [0.15, 0.2) is 6.54 Å². The second-order valence-electron chi connectivity index (χ2n) is 14.5. The Labute approximate surface area is 353 Å². The number of carbonyl (C=O) groups is 3. The summed E-state index contributed by atoms with van der Waals surface area (Å²) in [5.74, 6) is -2.84. The third kappa shape index (κ3) is 12.6. The Morgan fingerprint density at radius 3 is 2.28 bits per heavy atom. The Morgan fingerprint density at radius 1 is 0.902 bits per heavy atom. The van der Waals surface area contributed by atoms with Gasteiger partial charge in [0.25, 0.3) is 11.8 Å².